The highest BCUT2D eigenvalue weighted by Crippen LogP contribution is 2.50. The van der Waals surface area contributed by atoms with E-state index in [1.165, 1.54) is 78.5 Å². The molecule has 2 heterocycles. The lowest BCUT2D eigenvalue weighted by molar-refractivity contribution is 0.578. The first kappa shape index (κ1) is 19.1. The highest BCUT2D eigenvalue weighted by atomic mass is 32.2. The molecule has 2 aliphatic rings. The first-order chi connectivity index (χ1) is 13.2. The van der Waals surface area contributed by atoms with Crippen LogP contribution in [0.1, 0.15) is 43.7 Å². The van der Waals surface area contributed by atoms with E-state index in [0.29, 0.717) is 0 Å². The lowest BCUT2D eigenvalue weighted by Crippen LogP contribution is -2.30. The topological polar surface area (TPSA) is 15.3 Å². The number of hydrogen-bond donors (Lipinski definition) is 1. The van der Waals surface area contributed by atoms with Gasteiger partial charge in [-0.15, -0.1) is 23.5 Å². The number of anilines is 3. The molecular formula is C23H30N2S2. The fraction of sp³-hybridized carbons (Fsp3) is 0.478. The molecule has 0 atom stereocenters. The quantitative estimate of drug-likeness (QED) is 0.611. The van der Waals surface area contributed by atoms with Crippen molar-refractivity contribution in [2.24, 2.45) is 0 Å². The Morgan fingerprint density at radius 1 is 0.889 bits per heavy atom. The maximum Gasteiger partial charge on any atom is 0.0832 e. The van der Waals surface area contributed by atoms with Crippen molar-refractivity contribution in [2.75, 3.05) is 34.8 Å². The van der Waals surface area contributed by atoms with E-state index in [2.05, 4.69) is 90.1 Å². The van der Waals surface area contributed by atoms with Gasteiger partial charge in [0.15, 0.2) is 0 Å². The van der Waals surface area contributed by atoms with E-state index in [1.54, 1.807) is 0 Å². The molecule has 0 amide bonds. The minimum Gasteiger partial charge on any atom is -0.370 e. The molecule has 1 N–H and O–H groups in total. The van der Waals surface area contributed by atoms with Gasteiger partial charge in [-0.25, -0.2) is 0 Å². The maximum absolute atomic E-state index is 3.73. The van der Waals surface area contributed by atoms with Gasteiger partial charge in [0.1, 0.15) is 0 Å². The maximum atomic E-state index is 3.73. The van der Waals surface area contributed by atoms with Crippen LogP contribution in [0.25, 0.3) is 0 Å². The molecule has 2 aromatic rings. The normalized spacial score (nSPS) is 19.7. The lowest BCUT2D eigenvalue weighted by atomic mass is 10.1. The summed E-state index contributed by atoms with van der Waals surface area (Å²) in [7, 11) is 0. The van der Waals surface area contributed by atoms with Crippen LogP contribution >= 0.6 is 23.5 Å². The van der Waals surface area contributed by atoms with E-state index in [1.807, 2.05) is 0 Å². The number of rotatable bonds is 4. The van der Waals surface area contributed by atoms with Gasteiger partial charge in [0.05, 0.1) is 15.5 Å². The zero-order chi connectivity index (χ0) is 18.7. The van der Waals surface area contributed by atoms with Gasteiger partial charge in [0.25, 0.3) is 0 Å². The smallest absolute Gasteiger partial charge is 0.0832 e. The molecule has 0 aliphatic carbocycles. The minimum atomic E-state index is 0.207. The Morgan fingerprint density at radius 2 is 1.59 bits per heavy atom. The second kappa shape index (κ2) is 8.40. The highest BCUT2D eigenvalue weighted by molar-refractivity contribution is 8.18. The predicted molar refractivity (Wildman–Crippen MR) is 124 cm³/mol. The van der Waals surface area contributed by atoms with Crippen molar-refractivity contribution >= 4 is 40.6 Å². The molecule has 2 aliphatic heterocycles. The van der Waals surface area contributed by atoms with E-state index in [4.69, 9.17) is 0 Å². The highest BCUT2D eigenvalue weighted by Gasteiger charge is 2.30. The molecule has 0 spiro atoms. The molecule has 0 bridgehead atoms. The average Bonchev–Trinajstić information content (AvgIpc) is 2.71. The average molecular weight is 399 g/mol. The van der Waals surface area contributed by atoms with Crippen LogP contribution < -0.4 is 10.2 Å². The molecule has 144 valence electrons. The summed E-state index contributed by atoms with van der Waals surface area (Å²) in [5.74, 6) is 2.54. The summed E-state index contributed by atoms with van der Waals surface area (Å²) in [6, 6.07) is 15.8. The molecule has 27 heavy (non-hydrogen) atoms. The fourth-order valence-electron chi connectivity index (χ4n) is 4.01. The van der Waals surface area contributed by atoms with E-state index in [9.17, 15) is 0 Å². The fourth-order valence-corrected chi connectivity index (χ4v) is 6.99. The van der Waals surface area contributed by atoms with Crippen molar-refractivity contribution < 1.29 is 0 Å². The van der Waals surface area contributed by atoms with Crippen molar-refractivity contribution in [3.63, 3.8) is 0 Å². The largest absolute Gasteiger partial charge is 0.370 e. The molecule has 2 aromatic carbocycles. The van der Waals surface area contributed by atoms with Gasteiger partial charge in [-0.2, -0.15) is 0 Å². The van der Waals surface area contributed by atoms with Gasteiger partial charge in [-0.1, -0.05) is 24.3 Å². The third-order valence-corrected chi connectivity index (χ3v) is 8.94. The molecule has 4 heteroatoms. The van der Waals surface area contributed by atoms with Crippen molar-refractivity contribution in [3.8, 4) is 0 Å². The number of nitrogens with one attached hydrogen (secondary N) is 1. The van der Waals surface area contributed by atoms with Crippen LogP contribution in [-0.2, 0) is 4.08 Å². The molecule has 4 rings (SSSR count). The van der Waals surface area contributed by atoms with Crippen LogP contribution in [0.4, 0.5) is 17.1 Å². The van der Waals surface area contributed by atoms with Crippen molar-refractivity contribution in [1.29, 1.82) is 0 Å². The first-order valence-electron chi connectivity index (χ1n) is 10.2. The van der Waals surface area contributed by atoms with Crippen LogP contribution in [0.15, 0.2) is 42.5 Å². The lowest BCUT2D eigenvalue weighted by Gasteiger charge is -2.33. The SMILES string of the molecule is Cc1cccc(N2CCCCC2)c1Nc1ccc(C2(C)SCCCS2)cc1. The third-order valence-electron chi connectivity index (χ3n) is 5.67. The Morgan fingerprint density at radius 3 is 2.30 bits per heavy atom. The molecule has 0 unspecified atom stereocenters. The van der Waals surface area contributed by atoms with Crippen LogP contribution in [0.2, 0.25) is 0 Å². The zero-order valence-corrected chi connectivity index (χ0v) is 18.1. The molecule has 0 saturated carbocycles. The van der Waals surface area contributed by atoms with Gasteiger partial charge < -0.3 is 10.2 Å². The van der Waals surface area contributed by atoms with Crippen molar-refractivity contribution in [1.82, 2.24) is 0 Å². The number of para-hydroxylation sites is 1. The Hall–Kier alpha value is -1.26. The Bertz CT molecular complexity index is 760. The Kier molecular flexibility index (Phi) is 5.93. The van der Waals surface area contributed by atoms with Crippen molar-refractivity contribution in [2.45, 2.75) is 43.6 Å². The summed E-state index contributed by atoms with van der Waals surface area (Å²) in [6.07, 6.45) is 5.30. The summed E-state index contributed by atoms with van der Waals surface area (Å²) < 4.78 is 0.207. The number of hydrogen-bond acceptors (Lipinski definition) is 4. The van der Waals surface area contributed by atoms with Crippen molar-refractivity contribution in [3.05, 3.63) is 53.6 Å². The number of nitrogens with zero attached hydrogens (tertiary/aromatic N) is 1. The van der Waals surface area contributed by atoms with Gasteiger partial charge >= 0.3 is 0 Å². The summed E-state index contributed by atoms with van der Waals surface area (Å²) in [6.45, 7) is 6.92. The molecule has 2 nitrogen and oxygen atoms in total. The number of benzene rings is 2. The van der Waals surface area contributed by atoms with Gasteiger partial charge in [-0.05, 0) is 80.4 Å². The Balaban J connectivity index is 1.55. The molecular weight excluding hydrogens is 368 g/mol. The van der Waals surface area contributed by atoms with Gasteiger partial charge in [-0.3, -0.25) is 0 Å². The molecule has 2 saturated heterocycles. The zero-order valence-electron chi connectivity index (χ0n) is 16.5. The number of piperidine rings is 1. The molecule has 2 fully saturated rings. The summed E-state index contributed by atoms with van der Waals surface area (Å²) in [5, 5.41) is 3.73. The van der Waals surface area contributed by atoms with Crippen LogP contribution in [0, 0.1) is 6.92 Å². The summed E-state index contributed by atoms with van der Waals surface area (Å²) in [4.78, 5) is 2.55. The van der Waals surface area contributed by atoms with Crippen LogP contribution in [0.3, 0.4) is 0 Å². The van der Waals surface area contributed by atoms with Gasteiger partial charge in [0, 0.05) is 18.8 Å². The predicted octanol–water partition coefficient (Wildman–Crippen LogP) is 6.77. The molecule has 0 radical (unpaired) electrons. The Labute approximate surface area is 172 Å². The van der Waals surface area contributed by atoms with E-state index in [-0.39, 0.29) is 4.08 Å². The second-order valence-corrected chi connectivity index (χ2v) is 11.0. The number of thioether (sulfide) groups is 2. The minimum absolute atomic E-state index is 0.207. The van der Waals surface area contributed by atoms with E-state index >= 15 is 0 Å². The van der Waals surface area contributed by atoms with Gasteiger partial charge in [0.2, 0.25) is 0 Å². The standard InChI is InChI=1S/C23H30N2S2/c1-18-8-6-9-21(25-14-4-3-5-15-25)22(18)24-20-12-10-19(11-13-20)23(2)26-16-7-17-27-23/h6,8-13,24H,3-5,7,14-17H2,1-2H3. The number of aryl methyl sites for hydroxylation is 1. The van der Waals surface area contributed by atoms with E-state index in [0.717, 1.165) is 0 Å². The first-order valence-corrected chi connectivity index (χ1v) is 12.1. The monoisotopic (exact) mass is 398 g/mol. The summed E-state index contributed by atoms with van der Waals surface area (Å²) >= 11 is 4.18. The van der Waals surface area contributed by atoms with Crippen LogP contribution in [-0.4, -0.2) is 24.6 Å². The summed E-state index contributed by atoms with van der Waals surface area (Å²) in [5.41, 5.74) is 6.54. The third kappa shape index (κ3) is 4.27. The van der Waals surface area contributed by atoms with E-state index < -0.39 is 0 Å². The molecule has 0 aromatic heterocycles. The second-order valence-electron chi connectivity index (χ2n) is 7.72. The van der Waals surface area contributed by atoms with Crippen LogP contribution in [0.5, 0.6) is 0 Å².